The van der Waals surface area contributed by atoms with Gasteiger partial charge in [0.15, 0.2) is 0 Å². The van der Waals surface area contributed by atoms with Crippen molar-refractivity contribution >= 4 is 33.0 Å². The van der Waals surface area contributed by atoms with E-state index in [0.717, 1.165) is 14.9 Å². The first-order valence-electron chi connectivity index (χ1n) is 4.11. The van der Waals surface area contributed by atoms with E-state index in [1.807, 2.05) is 41.8 Å². The number of hydrogen-bond donors (Lipinski definition) is 0. The first-order chi connectivity index (χ1) is 6.77. The molecule has 0 N–H and O–H groups in total. The second-order valence-corrected chi connectivity index (χ2v) is 4.65. The molecule has 0 fully saturated rings. The number of thiophene rings is 1. The highest BCUT2D eigenvalue weighted by Crippen LogP contribution is 2.22. The van der Waals surface area contributed by atoms with E-state index in [2.05, 4.69) is 15.9 Å². The summed E-state index contributed by atoms with van der Waals surface area (Å²) in [5, 5.41) is 1.91. The summed E-state index contributed by atoms with van der Waals surface area (Å²) in [6.45, 7) is 0. The quantitative estimate of drug-likeness (QED) is 0.757. The summed E-state index contributed by atoms with van der Waals surface area (Å²) in [6, 6.07) is 11.2. The zero-order valence-electron chi connectivity index (χ0n) is 7.24. The fourth-order valence-corrected chi connectivity index (χ4v) is 2.55. The Labute approximate surface area is 94.5 Å². The Morgan fingerprint density at radius 1 is 1.21 bits per heavy atom. The maximum atomic E-state index is 11.8. The van der Waals surface area contributed by atoms with Gasteiger partial charge < -0.3 is 0 Å². The lowest BCUT2D eigenvalue weighted by Gasteiger charge is -1.95. The molecule has 0 aliphatic rings. The normalized spacial score (nSPS) is 10.1. The van der Waals surface area contributed by atoms with E-state index >= 15 is 0 Å². The molecule has 0 atom stereocenters. The van der Waals surface area contributed by atoms with Crippen molar-refractivity contribution in [3.63, 3.8) is 0 Å². The Morgan fingerprint density at radius 3 is 2.50 bits per heavy atom. The first kappa shape index (κ1) is 9.62. The molecule has 0 spiro atoms. The first-order valence-corrected chi connectivity index (χ1v) is 5.78. The number of ketones is 1. The van der Waals surface area contributed by atoms with Gasteiger partial charge in [0.25, 0.3) is 0 Å². The van der Waals surface area contributed by atoms with Crippen LogP contribution in [0.25, 0.3) is 0 Å². The molecule has 0 aliphatic carbocycles. The van der Waals surface area contributed by atoms with Gasteiger partial charge in [0.1, 0.15) is 0 Å². The Morgan fingerprint density at radius 2 is 1.93 bits per heavy atom. The Bertz CT molecular complexity index is 447. The Balaban J connectivity index is 2.34. The monoisotopic (exact) mass is 266 g/mol. The smallest absolute Gasteiger partial charge is 0.202 e. The summed E-state index contributed by atoms with van der Waals surface area (Å²) >= 11 is 4.79. The van der Waals surface area contributed by atoms with Crippen molar-refractivity contribution in [3.05, 3.63) is 56.7 Å². The highest BCUT2D eigenvalue weighted by Gasteiger charge is 2.09. The molecule has 0 saturated heterocycles. The minimum Gasteiger partial charge on any atom is -0.288 e. The third kappa shape index (κ3) is 1.94. The van der Waals surface area contributed by atoms with E-state index in [1.165, 1.54) is 11.3 Å². The van der Waals surface area contributed by atoms with Gasteiger partial charge in [0.2, 0.25) is 5.78 Å². The van der Waals surface area contributed by atoms with Crippen LogP contribution in [0.5, 0.6) is 0 Å². The topological polar surface area (TPSA) is 17.1 Å². The van der Waals surface area contributed by atoms with Crippen molar-refractivity contribution in [2.75, 3.05) is 0 Å². The lowest BCUT2D eigenvalue weighted by Crippen LogP contribution is -1.97. The third-order valence-electron chi connectivity index (χ3n) is 1.83. The van der Waals surface area contributed by atoms with E-state index in [-0.39, 0.29) is 5.78 Å². The molecule has 70 valence electrons. The maximum Gasteiger partial charge on any atom is 0.202 e. The van der Waals surface area contributed by atoms with Crippen LogP contribution in [0, 0.1) is 0 Å². The molecule has 0 saturated carbocycles. The SMILES string of the molecule is O=C(c1ccccc1)c1cc(Br)cs1. The zero-order valence-corrected chi connectivity index (χ0v) is 9.64. The van der Waals surface area contributed by atoms with E-state index in [4.69, 9.17) is 0 Å². The number of carbonyl (C=O) groups excluding carboxylic acids is 1. The average Bonchev–Trinajstić information content (AvgIpc) is 2.65. The summed E-state index contributed by atoms with van der Waals surface area (Å²) < 4.78 is 0.960. The van der Waals surface area contributed by atoms with Gasteiger partial charge in [-0.2, -0.15) is 0 Å². The van der Waals surface area contributed by atoms with E-state index in [1.54, 1.807) is 0 Å². The molecule has 3 heteroatoms. The standard InChI is InChI=1S/C11H7BrOS/c12-9-6-10(14-7-9)11(13)8-4-2-1-3-5-8/h1-7H. The van der Waals surface area contributed by atoms with E-state index in [0.29, 0.717) is 0 Å². The van der Waals surface area contributed by atoms with Gasteiger partial charge in [-0.1, -0.05) is 30.3 Å². The molecule has 0 radical (unpaired) electrons. The fourth-order valence-electron chi connectivity index (χ4n) is 1.16. The summed E-state index contributed by atoms with van der Waals surface area (Å²) in [7, 11) is 0. The van der Waals surface area contributed by atoms with Crippen molar-refractivity contribution in [1.29, 1.82) is 0 Å². The minimum absolute atomic E-state index is 0.0845. The number of rotatable bonds is 2. The van der Waals surface area contributed by atoms with Crippen LogP contribution in [0.3, 0.4) is 0 Å². The van der Waals surface area contributed by atoms with Crippen LogP contribution < -0.4 is 0 Å². The number of halogens is 1. The van der Waals surface area contributed by atoms with Gasteiger partial charge in [0.05, 0.1) is 4.88 Å². The van der Waals surface area contributed by atoms with Gasteiger partial charge in [-0.15, -0.1) is 11.3 Å². The van der Waals surface area contributed by atoms with Crippen LogP contribution in [-0.4, -0.2) is 5.78 Å². The predicted octanol–water partition coefficient (Wildman–Crippen LogP) is 3.74. The van der Waals surface area contributed by atoms with Crippen LogP contribution in [0.4, 0.5) is 0 Å². The van der Waals surface area contributed by atoms with Crippen molar-refractivity contribution < 1.29 is 4.79 Å². The third-order valence-corrected chi connectivity index (χ3v) is 3.52. The molecule has 1 nitrogen and oxygen atoms in total. The largest absolute Gasteiger partial charge is 0.288 e. The molecule has 14 heavy (non-hydrogen) atoms. The van der Waals surface area contributed by atoms with Crippen molar-refractivity contribution in [3.8, 4) is 0 Å². The number of hydrogen-bond acceptors (Lipinski definition) is 2. The highest BCUT2D eigenvalue weighted by atomic mass is 79.9. The Kier molecular flexibility index (Phi) is 2.79. The van der Waals surface area contributed by atoms with Crippen molar-refractivity contribution in [2.24, 2.45) is 0 Å². The molecule has 2 rings (SSSR count). The number of carbonyl (C=O) groups is 1. The Hall–Kier alpha value is -0.930. The molecule has 1 aromatic carbocycles. The van der Waals surface area contributed by atoms with Crippen molar-refractivity contribution in [2.45, 2.75) is 0 Å². The molecule has 0 bridgehead atoms. The minimum atomic E-state index is 0.0845. The second-order valence-electron chi connectivity index (χ2n) is 2.82. The number of benzene rings is 1. The molecule has 1 heterocycles. The summed E-state index contributed by atoms with van der Waals surface area (Å²) in [4.78, 5) is 12.6. The lowest BCUT2D eigenvalue weighted by atomic mass is 10.1. The average molecular weight is 267 g/mol. The van der Waals surface area contributed by atoms with Crippen LogP contribution >= 0.6 is 27.3 Å². The maximum absolute atomic E-state index is 11.8. The van der Waals surface area contributed by atoms with Crippen molar-refractivity contribution in [1.82, 2.24) is 0 Å². The fraction of sp³-hybridized carbons (Fsp3) is 0. The summed E-state index contributed by atoms with van der Waals surface area (Å²) in [5.74, 6) is 0.0845. The van der Waals surface area contributed by atoms with E-state index in [9.17, 15) is 4.79 Å². The van der Waals surface area contributed by atoms with Crippen LogP contribution in [0.2, 0.25) is 0 Å². The van der Waals surface area contributed by atoms with Gasteiger partial charge >= 0.3 is 0 Å². The van der Waals surface area contributed by atoms with Gasteiger partial charge in [-0.3, -0.25) is 4.79 Å². The highest BCUT2D eigenvalue weighted by molar-refractivity contribution is 9.10. The lowest BCUT2D eigenvalue weighted by molar-refractivity contribution is 0.104. The second kappa shape index (κ2) is 4.07. The summed E-state index contributed by atoms with van der Waals surface area (Å²) in [6.07, 6.45) is 0. The molecular weight excluding hydrogens is 260 g/mol. The molecule has 2 aromatic rings. The van der Waals surface area contributed by atoms with Gasteiger partial charge in [-0.05, 0) is 22.0 Å². The summed E-state index contributed by atoms with van der Waals surface area (Å²) in [5.41, 5.74) is 0.738. The van der Waals surface area contributed by atoms with Crippen LogP contribution in [-0.2, 0) is 0 Å². The predicted molar refractivity (Wildman–Crippen MR) is 61.9 cm³/mol. The zero-order chi connectivity index (χ0) is 9.97. The molecule has 0 aliphatic heterocycles. The van der Waals surface area contributed by atoms with Crippen LogP contribution in [0.15, 0.2) is 46.3 Å². The van der Waals surface area contributed by atoms with Gasteiger partial charge in [0, 0.05) is 15.4 Å². The van der Waals surface area contributed by atoms with Gasteiger partial charge in [-0.25, -0.2) is 0 Å². The molecule has 0 unspecified atom stereocenters. The molecule has 1 aromatic heterocycles. The molecular formula is C11H7BrOS. The van der Waals surface area contributed by atoms with Crippen LogP contribution in [0.1, 0.15) is 15.2 Å². The molecule has 0 amide bonds. The van der Waals surface area contributed by atoms with E-state index < -0.39 is 0 Å².